The van der Waals surface area contributed by atoms with E-state index < -0.39 is 32.9 Å². The first-order valence-electron chi connectivity index (χ1n) is 11.3. The molecule has 198 valence electrons. The van der Waals surface area contributed by atoms with Gasteiger partial charge < -0.3 is 19.5 Å². The molecule has 0 aliphatic rings. The smallest absolute Gasteiger partial charge is 0.349 e. The van der Waals surface area contributed by atoms with Crippen LogP contribution in [0.5, 0.6) is 0 Å². The minimum absolute atomic E-state index is 0.0749. The molecular weight excluding hydrogens is 528 g/mol. The van der Waals surface area contributed by atoms with Crippen molar-refractivity contribution in [2.45, 2.75) is 0 Å². The van der Waals surface area contributed by atoms with E-state index in [0.29, 0.717) is 0 Å². The maximum atomic E-state index is 12.7. The van der Waals surface area contributed by atoms with Gasteiger partial charge in [0.25, 0.3) is 23.2 Å². The maximum Gasteiger partial charge on any atom is 0.349 e. The van der Waals surface area contributed by atoms with Gasteiger partial charge in [0.05, 0.1) is 9.85 Å². The topological polar surface area (TPSA) is 205 Å². The number of amides is 2. The highest BCUT2D eigenvalue weighted by Gasteiger charge is 2.18. The van der Waals surface area contributed by atoms with Gasteiger partial charge >= 0.3 is 11.3 Å². The van der Waals surface area contributed by atoms with Gasteiger partial charge in [-0.05, 0) is 48.5 Å². The Labute approximate surface area is 220 Å². The lowest BCUT2D eigenvalue weighted by Crippen LogP contribution is -2.21. The first-order chi connectivity index (χ1) is 19.1. The van der Waals surface area contributed by atoms with E-state index in [1.807, 2.05) is 0 Å². The lowest BCUT2D eigenvalue weighted by Gasteiger charge is -2.08. The Kier molecular flexibility index (Phi) is 6.33. The van der Waals surface area contributed by atoms with Gasteiger partial charge in [0.15, 0.2) is 0 Å². The standard InChI is InChI=1S/C26H14N4O10/c31-23(19-11-13-9-17(29(35)36)5-7-21(13)39-25(19)33)27-15-1-2-16(4-3-15)28-24(32)20-12-14-10-18(30(37)38)6-8-22(14)40-26(20)34/h1-12H,(H,27,31)(H,28,32). The lowest BCUT2D eigenvalue weighted by molar-refractivity contribution is -0.384. The molecule has 0 saturated carbocycles. The fraction of sp³-hybridized carbons (Fsp3) is 0. The third kappa shape index (κ3) is 4.99. The molecule has 14 heteroatoms. The molecule has 0 saturated heterocycles. The normalized spacial score (nSPS) is 10.8. The van der Waals surface area contributed by atoms with Gasteiger partial charge in [-0.1, -0.05) is 0 Å². The molecule has 2 N–H and O–H groups in total. The summed E-state index contributed by atoms with van der Waals surface area (Å²) in [5, 5.41) is 27.4. The SMILES string of the molecule is O=C(Nc1ccc(NC(=O)c2cc3cc([N+](=O)[O-])ccc3oc2=O)cc1)c1cc2cc([N+](=O)[O-])ccc2oc1=O. The molecular formula is C26H14N4O10. The van der Waals surface area contributed by atoms with Crippen LogP contribution < -0.4 is 21.9 Å². The Morgan fingerprint density at radius 3 is 1.32 bits per heavy atom. The molecule has 14 nitrogen and oxygen atoms in total. The molecule has 0 aliphatic carbocycles. The molecule has 40 heavy (non-hydrogen) atoms. The quantitative estimate of drug-likeness (QED) is 0.177. The second kappa shape index (κ2) is 9.94. The lowest BCUT2D eigenvalue weighted by atomic mass is 10.1. The van der Waals surface area contributed by atoms with Gasteiger partial charge in [-0.2, -0.15) is 0 Å². The highest BCUT2D eigenvalue weighted by atomic mass is 16.6. The molecule has 0 unspecified atom stereocenters. The predicted octanol–water partition coefficient (Wildman–Crippen LogP) is 4.22. The highest BCUT2D eigenvalue weighted by molar-refractivity contribution is 6.07. The van der Waals surface area contributed by atoms with Gasteiger partial charge in [-0.15, -0.1) is 0 Å². The largest absolute Gasteiger partial charge is 0.422 e. The Balaban J connectivity index is 1.32. The zero-order valence-electron chi connectivity index (χ0n) is 19.9. The second-order valence-electron chi connectivity index (χ2n) is 8.34. The average Bonchev–Trinajstić information content (AvgIpc) is 2.92. The monoisotopic (exact) mass is 542 g/mol. The molecule has 3 aromatic carbocycles. The first-order valence-corrected chi connectivity index (χ1v) is 11.3. The molecule has 2 aromatic heterocycles. The Hall–Kier alpha value is -6.18. The average molecular weight is 542 g/mol. The number of anilines is 2. The summed E-state index contributed by atoms with van der Waals surface area (Å²) in [5.41, 5.74) is -2.51. The van der Waals surface area contributed by atoms with Gasteiger partial charge in [0.2, 0.25) is 0 Å². The van der Waals surface area contributed by atoms with Crippen LogP contribution in [-0.4, -0.2) is 21.7 Å². The Morgan fingerprint density at radius 2 is 0.975 bits per heavy atom. The van der Waals surface area contributed by atoms with Crippen molar-refractivity contribution in [2.24, 2.45) is 0 Å². The summed E-state index contributed by atoms with van der Waals surface area (Å²) in [6.07, 6.45) is 0. The molecule has 2 heterocycles. The number of hydrogen-bond acceptors (Lipinski definition) is 10. The van der Waals surface area contributed by atoms with Crippen molar-refractivity contribution in [3.05, 3.63) is 125 Å². The van der Waals surface area contributed by atoms with Crippen LogP contribution in [0.3, 0.4) is 0 Å². The molecule has 0 radical (unpaired) electrons. The van der Waals surface area contributed by atoms with E-state index in [4.69, 9.17) is 8.83 Å². The molecule has 0 fully saturated rings. The van der Waals surface area contributed by atoms with E-state index in [1.54, 1.807) is 0 Å². The molecule has 0 spiro atoms. The molecule has 0 aliphatic heterocycles. The van der Waals surface area contributed by atoms with Crippen LogP contribution in [0.1, 0.15) is 20.7 Å². The molecule has 0 bridgehead atoms. The van der Waals surface area contributed by atoms with Crippen LogP contribution in [-0.2, 0) is 0 Å². The van der Waals surface area contributed by atoms with Crippen LogP contribution in [0, 0.1) is 20.2 Å². The van der Waals surface area contributed by atoms with Crippen LogP contribution >= 0.6 is 0 Å². The highest BCUT2D eigenvalue weighted by Crippen LogP contribution is 2.23. The molecule has 5 aromatic rings. The number of nitrogens with one attached hydrogen (secondary N) is 2. The van der Waals surface area contributed by atoms with E-state index >= 15 is 0 Å². The second-order valence-corrected chi connectivity index (χ2v) is 8.34. The number of nitro benzene ring substituents is 2. The Bertz CT molecular complexity index is 1850. The van der Waals surface area contributed by atoms with Crippen molar-refractivity contribution in [1.82, 2.24) is 0 Å². The zero-order valence-corrected chi connectivity index (χ0v) is 19.9. The van der Waals surface area contributed by atoms with Crippen LogP contribution in [0.2, 0.25) is 0 Å². The van der Waals surface area contributed by atoms with Crippen molar-refractivity contribution < 1.29 is 28.3 Å². The predicted molar refractivity (Wildman–Crippen MR) is 141 cm³/mol. The first kappa shape index (κ1) is 25.5. The summed E-state index contributed by atoms with van der Waals surface area (Å²) in [4.78, 5) is 70.7. The van der Waals surface area contributed by atoms with Gasteiger partial charge in [0.1, 0.15) is 22.3 Å². The van der Waals surface area contributed by atoms with E-state index in [2.05, 4.69) is 10.6 Å². The molecule has 5 rings (SSSR count). The zero-order chi connectivity index (χ0) is 28.6. The number of rotatable bonds is 6. The fourth-order valence-corrected chi connectivity index (χ4v) is 3.80. The van der Waals surface area contributed by atoms with E-state index in [9.17, 15) is 39.4 Å². The van der Waals surface area contributed by atoms with Crippen LogP contribution in [0.4, 0.5) is 22.7 Å². The molecule has 0 atom stereocenters. The number of nitro groups is 2. The van der Waals surface area contributed by atoms with Gasteiger partial charge in [0, 0.05) is 46.4 Å². The number of non-ortho nitro benzene ring substituents is 2. The third-order valence-corrected chi connectivity index (χ3v) is 5.74. The summed E-state index contributed by atoms with van der Waals surface area (Å²) in [5.74, 6) is -1.66. The number of hydrogen-bond donors (Lipinski definition) is 2. The number of nitrogens with zero attached hydrogens (tertiary/aromatic N) is 2. The van der Waals surface area contributed by atoms with E-state index in [1.165, 1.54) is 72.8 Å². The Morgan fingerprint density at radius 1 is 0.600 bits per heavy atom. The minimum atomic E-state index is -0.942. The summed E-state index contributed by atoms with van der Waals surface area (Å²) in [7, 11) is 0. The van der Waals surface area contributed by atoms with Gasteiger partial charge in [-0.25, -0.2) is 9.59 Å². The van der Waals surface area contributed by atoms with Crippen molar-refractivity contribution in [2.75, 3.05) is 10.6 Å². The van der Waals surface area contributed by atoms with Crippen molar-refractivity contribution in [3.8, 4) is 0 Å². The van der Waals surface area contributed by atoms with Gasteiger partial charge in [-0.3, -0.25) is 29.8 Å². The number of carbonyl (C=O) groups is 2. The summed E-state index contributed by atoms with van der Waals surface area (Å²) < 4.78 is 10.2. The van der Waals surface area contributed by atoms with Crippen molar-refractivity contribution in [3.63, 3.8) is 0 Å². The van der Waals surface area contributed by atoms with Crippen LogP contribution in [0.25, 0.3) is 21.9 Å². The van der Waals surface area contributed by atoms with E-state index in [-0.39, 0.29) is 55.8 Å². The summed E-state index contributed by atoms with van der Waals surface area (Å²) >= 11 is 0. The fourth-order valence-electron chi connectivity index (χ4n) is 3.80. The van der Waals surface area contributed by atoms with E-state index in [0.717, 1.165) is 0 Å². The van der Waals surface area contributed by atoms with Crippen LogP contribution in [0.15, 0.2) is 91.2 Å². The number of fused-ring (bicyclic) bond motifs is 2. The van der Waals surface area contributed by atoms with Crippen molar-refractivity contribution >= 4 is 56.5 Å². The summed E-state index contributed by atoms with van der Waals surface area (Å²) in [6, 6.07) is 15.2. The molecule has 2 amide bonds. The maximum absolute atomic E-state index is 12.7. The third-order valence-electron chi connectivity index (χ3n) is 5.74. The summed E-state index contributed by atoms with van der Waals surface area (Å²) in [6.45, 7) is 0. The minimum Gasteiger partial charge on any atom is -0.422 e. The van der Waals surface area contributed by atoms with Crippen molar-refractivity contribution in [1.29, 1.82) is 0 Å². The number of benzene rings is 3. The number of carbonyl (C=O) groups excluding carboxylic acids is 2.